The van der Waals surface area contributed by atoms with E-state index in [0.29, 0.717) is 25.9 Å². The molecular weight excluding hydrogens is 308 g/mol. The molecule has 0 aromatic heterocycles. The summed E-state index contributed by atoms with van der Waals surface area (Å²) in [6, 6.07) is 7.58. The van der Waals surface area contributed by atoms with E-state index in [-0.39, 0.29) is 17.9 Å². The number of hydrogen-bond acceptors (Lipinski definition) is 2. The number of amides is 2. The Morgan fingerprint density at radius 2 is 2.32 bits per heavy atom. The van der Waals surface area contributed by atoms with Crippen LogP contribution in [0.25, 0.3) is 0 Å². The number of piperazine rings is 1. The number of nitrogens with one attached hydrogen (secondary N) is 1. The van der Waals surface area contributed by atoms with Gasteiger partial charge in [0.05, 0.1) is 0 Å². The van der Waals surface area contributed by atoms with Crippen LogP contribution in [0.5, 0.6) is 0 Å². The van der Waals surface area contributed by atoms with Crippen molar-refractivity contribution in [2.45, 2.75) is 25.8 Å². The van der Waals surface area contributed by atoms with Gasteiger partial charge in [-0.2, -0.15) is 0 Å². The fraction of sp³-hybridized carbons (Fsp3) is 0.429. The number of carbonyl (C=O) groups excluding carboxylic acids is 2. The van der Waals surface area contributed by atoms with Crippen molar-refractivity contribution in [2.24, 2.45) is 0 Å². The number of halogens is 1. The van der Waals surface area contributed by atoms with Crippen molar-refractivity contribution in [2.75, 3.05) is 13.1 Å². The van der Waals surface area contributed by atoms with Crippen LogP contribution >= 0.6 is 15.9 Å². The van der Waals surface area contributed by atoms with Gasteiger partial charge in [0.25, 0.3) is 0 Å². The van der Waals surface area contributed by atoms with Crippen LogP contribution in [-0.2, 0) is 16.0 Å². The summed E-state index contributed by atoms with van der Waals surface area (Å²) in [5, 5.41) is 2.76. The Morgan fingerprint density at radius 1 is 1.53 bits per heavy atom. The van der Waals surface area contributed by atoms with Gasteiger partial charge in [-0.1, -0.05) is 28.1 Å². The molecule has 0 aliphatic carbocycles. The number of nitrogens with zero attached hydrogens (tertiary/aromatic N) is 1. The maximum absolute atomic E-state index is 12.1. The fourth-order valence-electron chi connectivity index (χ4n) is 2.21. The lowest BCUT2D eigenvalue weighted by molar-refractivity contribution is -0.142. The summed E-state index contributed by atoms with van der Waals surface area (Å²) in [7, 11) is 0. The Balaban J connectivity index is 1.92. The average molecular weight is 325 g/mol. The van der Waals surface area contributed by atoms with Crippen LogP contribution in [0.3, 0.4) is 0 Å². The van der Waals surface area contributed by atoms with Crippen LogP contribution in [0.15, 0.2) is 28.7 Å². The van der Waals surface area contributed by atoms with Gasteiger partial charge in [-0.25, -0.2) is 0 Å². The van der Waals surface area contributed by atoms with E-state index in [4.69, 9.17) is 0 Å². The van der Waals surface area contributed by atoms with Crippen LogP contribution in [0.4, 0.5) is 0 Å². The molecule has 5 heteroatoms. The molecule has 1 saturated heterocycles. The van der Waals surface area contributed by atoms with Crippen molar-refractivity contribution in [3.05, 3.63) is 34.3 Å². The van der Waals surface area contributed by atoms with Gasteiger partial charge in [0.2, 0.25) is 11.8 Å². The van der Waals surface area contributed by atoms with E-state index in [2.05, 4.69) is 21.2 Å². The Labute approximate surface area is 121 Å². The zero-order chi connectivity index (χ0) is 13.8. The molecule has 0 spiro atoms. The molecule has 4 nitrogen and oxygen atoms in total. The lowest BCUT2D eigenvalue weighted by Crippen LogP contribution is -2.55. The molecule has 2 amide bonds. The predicted octanol–water partition coefficient (Wildman–Crippen LogP) is 1.73. The van der Waals surface area contributed by atoms with Crippen LogP contribution < -0.4 is 5.32 Å². The number of hydrogen-bond donors (Lipinski definition) is 1. The van der Waals surface area contributed by atoms with Gasteiger partial charge >= 0.3 is 0 Å². The monoisotopic (exact) mass is 324 g/mol. The summed E-state index contributed by atoms with van der Waals surface area (Å²) >= 11 is 3.41. The molecule has 102 valence electrons. The average Bonchev–Trinajstić information content (AvgIpc) is 2.39. The van der Waals surface area contributed by atoms with Crippen LogP contribution in [0.2, 0.25) is 0 Å². The molecule has 1 heterocycles. The molecule has 1 aromatic carbocycles. The normalized spacial score (nSPS) is 19.2. The predicted molar refractivity (Wildman–Crippen MR) is 76.6 cm³/mol. The Kier molecular flexibility index (Phi) is 4.58. The Hall–Kier alpha value is -1.36. The van der Waals surface area contributed by atoms with Gasteiger partial charge < -0.3 is 10.2 Å². The molecule has 1 N–H and O–H groups in total. The van der Waals surface area contributed by atoms with E-state index >= 15 is 0 Å². The highest BCUT2D eigenvalue weighted by Gasteiger charge is 2.28. The summed E-state index contributed by atoms with van der Waals surface area (Å²) in [4.78, 5) is 25.3. The van der Waals surface area contributed by atoms with Crippen molar-refractivity contribution in [1.82, 2.24) is 10.2 Å². The van der Waals surface area contributed by atoms with E-state index in [1.165, 1.54) is 0 Å². The maximum Gasteiger partial charge on any atom is 0.242 e. The van der Waals surface area contributed by atoms with Gasteiger partial charge in [-0.15, -0.1) is 0 Å². The Bertz CT molecular complexity index is 490. The van der Waals surface area contributed by atoms with Crippen molar-refractivity contribution in [3.8, 4) is 0 Å². The molecule has 0 radical (unpaired) electrons. The molecule has 1 atom stereocenters. The van der Waals surface area contributed by atoms with Crippen molar-refractivity contribution >= 4 is 27.7 Å². The summed E-state index contributed by atoms with van der Waals surface area (Å²) in [5.74, 6) is -0.0237. The lowest BCUT2D eigenvalue weighted by Gasteiger charge is -2.32. The number of carbonyl (C=O) groups is 2. The van der Waals surface area contributed by atoms with E-state index < -0.39 is 0 Å². The summed E-state index contributed by atoms with van der Waals surface area (Å²) in [5.41, 5.74) is 1.12. The van der Waals surface area contributed by atoms with Gasteiger partial charge in [0, 0.05) is 24.0 Å². The SMILES string of the molecule is CC1C(=O)NCCN1C(=O)CCc1cccc(Br)c1. The third kappa shape index (κ3) is 3.56. The minimum atomic E-state index is -0.358. The van der Waals surface area contributed by atoms with Gasteiger partial charge in [0.1, 0.15) is 6.04 Å². The summed E-state index contributed by atoms with van der Waals surface area (Å²) in [6.45, 7) is 2.92. The van der Waals surface area contributed by atoms with Crippen molar-refractivity contribution in [1.29, 1.82) is 0 Å². The first-order valence-corrected chi connectivity index (χ1v) is 7.19. The second-order valence-electron chi connectivity index (χ2n) is 4.68. The molecule has 0 saturated carbocycles. The van der Waals surface area contributed by atoms with Crippen LogP contribution in [-0.4, -0.2) is 35.8 Å². The molecular formula is C14H17BrN2O2. The molecule has 1 aliphatic heterocycles. The van der Waals surface area contributed by atoms with Crippen molar-refractivity contribution < 1.29 is 9.59 Å². The largest absolute Gasteiger partial charge is 0.353 e. The topological polar surface area (TPSA) is 49.4 Å². The molecule has 19 heavy (non-hydrogen) atoms. The molecule has 1 aliphatic rings. The van der Waals surface area contributed by atoms with Crippen LogP contribution in [0, 0.1) is 0 Å². The zero-order valence-electron chi connectivity index (χ0n) is 10.9. The molecule has 1 unspecified atom stereocenters. The second-order valence-corrected chi connectivity index (χ2v) is 5.60. The highest BCUT2D eigenvalue weighted by molar-refractivity contribution is 9.10. The van der Waals surface area contributed by atoms with E-state index in [1.807, 2.05) is 24.3 Å². The summed E-state index contributed by atoms with van der Waals surface area (Å²) in [6.07, 6.45) is 1.14. The van der Waals surface area contributed by atoms with E-state index in [1.54, 1.807) is 11.8 Å². The number of aryl methyl sites for hydroxylation is 1. The highest BCUT2D eigenvalue weighted by Crippen LogP contribution is 2.14. The standard InChI is InChI=1S/C14H17BrN2O2/c1-10-14(19)16-7-8-17(10)13(18)6-5-11-3-2-4-12(15)9-11/h2-4,9-10H,5-8H2,1H3,(H,16,19). The quantitative estimate of drug-likeness (QED) is 0.920. The first-order chi connectivity index (χ1) is 9.08. The van der Waals surface area contributed by atoms with Gasteiger partial charge in [-0.3, -0.25) is 9.59 Å². The zero-order valence-corrected chi connectivity index (χ0v) is 12.4. The molecule has 0 bridgehead atoms. The molecule has 1 fully saturated rings. The molecule has 2 rings (SSSR count). The third-order valence-corrected chi connectivity index (χ3v) is 3.83. The van der Waals surface area contributed by atoms with E-state index in [0.717, 1.165) is 10.0 Å². The fourth-order valence-corrected chi connectivity index (χ4v) is 2.66. The maximum atomic E-state index is 12.1. The van der Waals surface area contributed by atoms with E-state index in [9.17, 15) is 9.59 Å². The van der Waals surface area contributed by atoms with Gasteiger partial charge in [-0.05, 0) is 31.0 Å². The third-order valence-electron chi connectivity index (χ3n) is 3.34. The first-order valence-electron chi connectivity index (χ1n) is 6.39. The number of rotatable bonds is 3. The minimum Gasteiger partial charge on any atom is -0.353 e. The highest BCUT2D eigenvalue weighted by atomic mass is 79.9. The molecule has 1 aromatic rings. The lowest BCUT2D eigenvalue weighted by atomic mass is 10.1. The summed E-state index contributed by atoms with van der Waals surface area (Å²) < 4.78 is 1.02. The number of benzene rings is 1. The smallest absolute Gasteiger partial charge is 0.242 e. The first kappa shape index (κ1) is 14.1. The Morgan fingerprint density at radius 3 is 3.05 bits per heavy atom. The van der Waals surface area contributed by atoms with Crippen molar-refractivity contribution in [3.63, 3.8) is 0 Å². The second kappa shape index (κ2) is 6.19. The minimum absolute atomic E-state index is 0.0438. The van der Waals surface area contributed by atoms with Crippen LogP contribution in [0.1, 0.15) is 18.9 Å². The van der Waals surface area contributed by atoms with Gasteiger partial charge in [0.15, 0.2) is 0 Å².